The first-order valence-electron chi connectivity index (χ1n) is 9.20. The summed E-state index contributed by atoms with van der Waals surface area (Å²) >= 11 is 0. The summed E-state index contributed by atoms with van der Waals surface area (Å²) in [5, 5.41) is 15.4. The Morgan fingerprint density at radius 2 is 1.79 bits per heavy atom. The Hall–Kier alpha value is -3.99. The largest absolute Gasteiger partial charge is 0.506 e. The molecule has 1 amide bonds. The summed E-state index contributed by atoms with van der Waals surface area (Å²) in [6.07, 6.45) is 3.20. The number of nitrogens with one attached hydrogen (secondary N) is 1. The molecule has 1 heterocycles. The van der Waals surface area contributed by atoms with Gasteiger partial charge in [-0.25, -0.2) is 9.98 Å². The molecule has 0 saturated heterocycles. The highest BCUT2D eigenvalue weighted by molar-refractivity contribution is 6.13. The van der Waals surface area contributed by atoms with E-state index >= 15 is 0 Å². The highest BCUT2D eigenvalue weighted by Gasteiger charge is 2.18. The Balaban J connectivity index is 1.79. The lowest BCUT2D eigenvalue weighted by atomic mass is 9.99. The maximum absolute atomic E-state index is 12.9. The number of carbonyl (C=O) groups excluding carboxylic acids is 1. The average Bonchev–Trinajstić information content (AvgIpc) is 2.75. The van der Waals surface area contributed by atoms with Gasteiger partial charge in [0.15, 0.2) is 5.82 Å². The molecule has 0 aliphatic rings. The molecule has 5 heteroatoms. The van der Waals surface area contributed by atoms with Crippen molar-refractivity contribution in [1.82, 2.24) is 4.98 Å². The normalized spacial score (nSPS) is 11.1. The maximum atomic E-state index is 12.9. The fourth-order valence-electron chi connectivity index (χ4n) is 3.13. The second kappa shape index (κ2) is 7.94. The zero-order chi connectivity index (χ0) is 20.2. The van der Waals surface area contributed by atoms with Crippen molar-refractivity contribution in [2.24, 2.45) is 4.99 Å². The van der Waals surface area contributed by atoms with Crippen molar-refractivity contribution in [3.63, 3.8) is 0 Å². The lowest BCUT2D eigenvalue weighted by Gasteiger charge is -2.13. The van der Waals surface area contributed by atoms with Crippen molar-refractivity contribution in [2.75, 3.05) is 5.32 Å². The molecule has 0 unspecified atom stereocenters. The highest BCUT2D eigenvalue weighted by Crippen LogP contribution is 2.31. The van der Waals surface area contributed by atoms with Gasteiger partial charge in [0.1, 0.15) is 5.75 Å². The molecular formula is C24H19N3O2. The van der Waals surface area contributed by atoms with Crippen LogP contribution in [0.5, 0.6) is 5.75 Å². The van der Waals surface area contributed by atoms with Gasteiger partial charge in [-0.15, -0.1) is 0 Å². The van der Waals surface area contributed by atoms with Crippen LogP contribution in [0.3, 0.4) is 0 Å². The Morgan fingerprint density at radius 3 is 2.59 bits per heavy atom. The summed E-state index contributed by atoms with van der Waals surface area (Å²) in [6.45, 7) is 1.92. The van der Waals surface area contributed by atoms with Gasteiger partial charge in [-0.3, -0.25) is 4.79 Å². The van der Waals surface area contributed by atoms with Crippen molar-refractivity contribution in [1.29, 1.82) is 0 Å². The fourth-order valence-corrected chi connectivity index (χ4v) is 3.13. The Bertz CT molecular complexity index is 1220. The number of aromatic hydroxyl groups is 1. The van der Waals surface area contributed by atoms with Crippen LogP contribution in [0.15, 0.2) is 84.0 Å². The van der Waals surface area contributed by atoms with Gasteiger partial charge in [0.25, 0.3) is 5.91 Å². The second-order valence-corrected chi connectivity index (χ2v) is 6.62. The molecule has 0 radical (unpaired) electrons. The number of benzene rings is 3. The molecule has 4 rings (SSSR count). The first-order chi connectivity index (χ1) is 14.1. The maximum Gasteiger partial charge on any atom is 0.259 e. The molecule has 0 saturated carbocycles. The van der Waals surface area contributed by atoms with Crippen LogP contribution in [0.2, 0.25) is 0 Å². The van der Waals surface area contributed by atoms with Gasteiger partial charge < -0.3 is 10.4 Å². The van der Waals surface area contributed by atoms with E-state index in [-0.39, 0.29) is 17.2 Å². The van der Waals surface area contributed by atoms with Crippen LogP contribution in [-0.2, 0) is 0 Å². The summed E-state index contributed by atoms with van der Waals surface area (Å²) in [6, 6.07) is 22.2. The molecule has 5 nitrogen and oxygen atoms in total. The quantitative estimate of drug-likeness (QED) is 0.474. The van der Waals surface area contributed by atoms with Crippen LogP contribution in [-0.4, -0.2) is 22.2 Å². The summed E-state index contributed by atoms with van der Waals surface area (Å²) in [7, 11) is 0. The van der Waals surface area contributed by atoms with Crippen molar-refractivity contribution in [3.8, 4) is 5.75 Å². The lowest BCUT2D eigenvalue weighted by molar-refractivity contribution is 0.102. The van der Waals surface area contributed by atoms with E-state index in [1.807, 2.05) is 67.6 Å². The topological polar surface area (TPSA) is 74.6 Å². The Labute approximate surface area is 168 Å². The predicted octanol–water partition coefficient (Wildman–Crippen LogP) is 5.25. The fraction of sp³-hybridized carbons (Fsp3) is 0.0417. The molecule has 142 valence electrons. The molecule has 0 aliphatic carbocycles. The molecule has 3 aromatic carbocycles. The van der Waals surface area contributed by atoms with E-state index in [1.54, 1.807) is 24.5 Å². The zero-order valence-electron chi connectivity index (χ0n) is 15.8. The van der Waals surface area contributed by atoms with Crippen LogP contribution in [0.4, 0.5) is 11.5 Å². The van der Waals surface area contributed by atoms with Gasteiger partial charge >= 0.3 is 0 Å². The zero-order valence-corrected chi connectivity index (χ0v) is 15.8. The first-order valence-corrected chi connectivity index (χ1v) is 9.20. The highest BCUT2D eigenvalue weighted by atomic mass is 16.3. The van der Waals surface area contributed by atoms with Crippen LogP contribution in [0.1, 0.15) is 21.5 Å². The van der Waals surface area contributed by atoms with Crippen molar-refractivity contribution in [3.05, 3.63) is 95.7 Å². The second-order valence-electron chi connectivity index (χ2n) is 6.62. The summed E-state index contributed by atoms with van der Waals surface area (Å²) in [5.41, 5.74) is 2.31. The molecule has 0 aliphatic heterocycles. The van der Waals surface area contributed by atoms with Gasteiger partial charge in [-0.1, -0.05) is 48.5 Å². The number of hydrogen-bond acceptors (Lipinski definition) is 4. The molecule has 0 fully saturated rings. The molecule has 4 aromatic rings. The number of nitrogens with zero attached hydrogens (tertiary/aromatic N) is 2. The third-order valence-corrected chi connectivity index (χ3v) is 4.67. The third-order valence-electron chi connectivity index (χ3n) is 4.67. The number of rotatable bonds is 4. The first kappa shape index (κ1) is 18.4. The van der Waals surface area contributed by atoms with Crippen LogP contribution < -0.4 is 5.32 Å². The van der Waals surface area contributed by atoms with Crippen molar-refractivity contribution >= 4 is 34.4 Å². The molecule has 0 spiro atoms. The smallest absolute Gasteiger partial charge is 0.259 e. The lowest BCUT2D eigenvalue weighted by Crippen LogP contribution is -2.13. The predicted molar refractivity (Wildman–Crippen MR) is 116 cm³/mol. The van der Waals surface area contributed by atoms with Gasteiger partial charge in [0.2, 0.25) is 0 Å². The van der Waals surface area contributed by atoms with E-state index in [0.29, 0.717) is 17.1 Å². The number of aromatic nitrogens is 1. The molecule has 0 bridgehead atoms. The van der Waals surface area contributed by atoms with Gasteiger partial charge in [0.05, 0.1) is 5.56 Å². The minimum atomic E-state index is -0.380. The van der Waals surface area contributed by atoms with Gasteiger partial charge in [0, 0.05) is 23.7 Å². The minimum absolute atomic E-state index is 0.116. The number of anilines is 1. The number of fused-ring (bicyclic) bond motifs is 1. The number of amides is 1. The number of phenolic OH excluding ortho intramolecular Hbond substituents is 1. The van der Waals surface area contributed by atoms with Crippen LogP contribution >= 0.6 is 0 Å². The number of para-hydroxylation sites is 1. The van der Waals surface area contributed by atoms with Gasteiger partial charge in [-0.05, 0) is 47.5 Å². The van der Waals surface area contributed by atoms with Gasteiger partial charge in [-0.2, -0.15) is 0 Å². The number of pyridine rings is 1. The van der Waals surface area contributed by atoms with Crippen molar-refractivity contribution in [2.45, 2.75) is 6.92 Å². The number of phenols is 1. The van der Waals surface area contributed by atoms with Crippen molar-refractivity contribution < 1.29 is 9.90 Å². The Kier molecular flexibility index (Phi) is 5.03. The minimum Gasteiger partial charge on any atom is -0.506 e. The molecule has 2 N–H and O–H groups in total. The summed E-state index contributed by atoms with van der Waals surface area (Å²) < 4.78 is 0. The number of carbonyl (C=O) groups is 1. The van der Waals surface area contributed by atoms with E-state index < -0.39 is 0 Å². The van der Waals surface area contributed by atoms with Crippen LogP contribution in [0, 0.1) is 6.92 Å². The Morgan fingerprint density at radius 1 is 1.03 bits per heavy atom. The third kappa shape index (κ3) is 3.84. The van der Waals surface area contributed by atoms with E-state index in [4.69, 9.17) is 0 Å². The average molecular weight is 381 g/mol. The van der Waals surface area contributed by atoms with E-state index in [9.17, 15) is 9.90 Å². The molecule has 0 atom stereocenters. The summed E-state index contributed by atoms with van der Waals surface area (Å²) in [5.74, 6) is 0.0234. The van der Waals surface area contributed by atoms with E-state index in [0.717, 1.165) is 16.3 Å². The number of hydrogen-bond donors (Lipinski definition) is 2. The van der Waals surface area contributed by atoms with Crippen LogP contribution in [0.25, 0.3) is 10.8 Å². The molecule has 29 heavy (non-hydrogen) atoms. The standard InChI is InChI=1S/C24H19N3O2/c1-16-8-2-5-11-21(16)27-24(29)19-14-17-9-3-4-10-18(17)20(23(19)28)15-26-22-12-6-7-13-25-22/h2-15,28H,1H3,(H,27,29)/b26-15+. The molecular weight excluding hydrogens is 362 g/mol. The van der Waals surface area contributed by atoms with E-state index in [1.165, 1.54) is 0 Å². The molecule has 1 aromatic heterocycles. The monoisotopic (exact) mass is 381 g/mol. The summed E-state index contributed by atoms with van der Waals surface area (Å²) in [4.78, 5) is 21.5. The van der Waals surface area contributed by atoms with E-state index in [2.05, 4.69) is 15.3 Å². The number of aryl methyl sites for hydroxylation is 1. The SMILES string of the molecule is Cc1ccccc1NC(=O)c1cc2ccccc2c(/C=N/c2ccccn2)c1O. The number of aliphatic imine (C=N–C) groups is 1.